The summed E-state index contributed by atoms with van der Waals surface area (Å²) < 4.78 is 11.0. The molecule has 1 fully saturated rings. The van der Waals surface area contributed by atoms with Gasteiger partial charge in [0.25, 0.3) is 0 Å². The number of ether oxygens (including phenoxy) is 1. The number of rotatable bonds is 3. The second-order valence-corrected chi connectivity index (χ2v) is 6.68. The van der Waals surface area contributed by atoms with Gasteiger partial charge in [-0.25, -0.2) is 0 Å². The molecule has 1 aliphatic carbocycles. The van der Waals surface area contributed by atoms with Gasteiger partial charge in [-0.05, 0) is 25.0 Å². The van der Waals surface area contributed by atoms with Crippen LogP contribution in [0.3, 0.4) is 0 Å². The summed E-state index contributed by atoms with van der Waals surface area (Å²) in [7, 11) is 1.70. The Labute approximate surface area is 137 Å². The van der Waals surface area contributed by atoms with Crippen LogP contribution in [0, 0.1) is 0 Å². The molecule has 0 atom stereocenters. The zero-order valence-electron chi connectivity index (χ0n) is 13.8. The van der Waals surface area contributed by atoms with E-state index in [9.17, 15) is 0 Å². The lowest BCUT2D eigenvalue weighted by molar-refractivity contribution is 0.135. The first-order chi connectivity index (χ1) is 11.3. The minimum Gasteiger partial charge on any atom is -0.497 e. The van der Waals surface area contributed by atoms with Crippen molar-refractivity contribution < 1.29 is 9.26 Å². The standard InChI is InChI=1S/C19H24N2O2/c1-22-16-9-5-6-14(12-16)19-17-13-21(11-10-18(17)23-20-19)15-7-3-2-4-8-15/h5-6,9,12,15H,2-4,7-8,10-11,13H2,1H3. The highest BCUT2D eigenvalue weighted by atomic mass is 16.5. The monoisotopic (exact) mass is 312 g/mol. The van der Waals surface area contributed by atoms with Crippen molar-refractivity contribution in [1.29, 1.82) is 0 Å². The Bertz CT molecular complexity index is 674. The number of hydrogen-bond acceptors (Lipinski definition) is 4. The molecular formula is C19H24N2O2. The maximum atomic E-state index is 5.63. The number of aromatic nitrogens is 1. The highest BCUT2D eigenvalue weighted by Gasteiger charge is 2.29. The Balaban J connectivity index is 1.61. The molecule has 4 nitrogen and oxygen atoms in total. The molecule has 1 aliphatic heterocycles. The van der Waals surface area contributed by atoms with E-state index in [1.807, 2.05) is 18.2 Å². The molecular weight excluding hydrogens is 288 g/mol. The van der Waals surface area contributed by atoms with Crippen LogP contribution >= 0.6 is 0 Å². The molecule has 1 aromatic carbocycles. The van der Waals surface area contributed by atoms with Crippen LogP contribution in [0.4, 0.5) is 0 Å². The van der Waals surface area contributed by atoms with Gasteiger partial charge in [-0.3, -0.25) is 4.90 Å². The van der Waals surface area contributed by atoms with Crippen molar-refractivity contribution in [2.45, 2.75) is 51.1 Å². The summed E-state index contributed by atoms with van der Waals surface area (Å²) in [6.07, 6.45) is 7.81. The Morgan fingerprint density at radius 3 is 2.91 bits per heavy atom. The highest BCUT2D eigenvalue weighted by molar-refractivity contribution is 5.65. The zero-order chi connectivity index (χ0) is 15.6. The fraction of sp³-hybridized carbons (Fsp3) is 0.526. The minimum atomic E-state index is 0.741. The van der Waals surface area contributed by atoms with E-state index in [0.29, 0.717) is 0 Å². The van der Waals surface area contributed by atoms with Crippen molar-refractivity contribution in [3.05, 3.63) is 35.6 Å². The third kappa shape index (κ3) is 2.88. The van der Waals surface area contributed by atoms with Crippen LogP contribution in [-0.4, -0.2) is 29.8 Å². The van der Waals surface area contributed by atoms with Crippen LogP contribution in [0.2, 0.25) is 0 Å². The van der Waals surface area contributed by atoms with Crippen LogP contribution in [-0.2, 0) is 13.0 Å². The molecule has 23 heavy (non-hydrogen) atoms. The van der Waals surface area contributed by atoms with Gasteiger partial charge in [0.05, 0.1) is 7.11 Å². The quantitative estimate of drug-likeness (QED) is 0.857. The van der Waals surface area contributed by atoms with Gasteiger partial charge in [-0.15, -0.1) is 0 Å². The molecule has 4 rings (SSSR count). The van der Waals surface area contributed by atoms with Crippen LogP contribution in [0.5, 0.6) is 5.75 Å². The molecule has 2 heterocycles. The fourth-order valence-corrected chi connectivity index (χ4v) is 3.99. The van der Waals surface area contributed by atoms with E-state index in [2.05, 4.69) is 16.1 Å². The molecule has 0 unspecified atom stereocenters. The fourth-order valence-electron chi connectivity index (χ4n) is 3.99. The van der Waals surface area contributed by atoms with Gasteiger partial charge in [0.1, 0.15) is 17.2 Å². The molecule has 0 amide bonds. The van der Waals surface area contributed by atoms with Gasteiger partial charge >= 0.3 is 0 Å². The van der Waals surface area contributed by atoms with Crippen molar-refractivity contribution in [2.75, 3.05) is 13.7 Å². The summed E-state index contributed by atoms with van der Waals surface area (Å²) in [6, 6.07) is 8.84. The normalized spacial score (nSPS) is 19.5. The van der Waals surface area contributed by atoms with E-state index in [0.717, 1.165) is 48.3 Å². The molecule has 2 aromatic rings. The maximum Gasteiger partial charge on any atom is 0.143 e. The zero-order valence-corrected chi connectivity index (χ0v) is 13.8. The van der Waals surface area contributed by atoms with E-state index in [1.54, 1.807) is 7.11 Å². The molecule has 4 heteroatoms. The first-order valence-electron chi connectivity index (χ1n) is 8.71. The second kappa shape index (κ2) is 6.36. The molecule has 2 aliphatic rings. The first kappa shape index (κ1) is 14.8. The third-order valence-corrected chi connectivity index (χ3v) is 5.29. The molecule has 0 spiro atoms. The van der Waals surface area contributed by atoms with Crippen molar-refractivity contribution >= 4 is 0 Å². The molecule has 1 aromatic heterocycles. The van der Waals surface area contributed by atoms with Crippen LogP contribution in [0.1, 0.15) is 43.4 Å². The molecule has 122 valence electrons. The average Bonchev–Trinajstić information content (AvgIpc) is 3.05. The van der Waals surface area contributed by atoms with Gasteiger partial charge in [0.15, 0.2) is 0 Å². The van der Waals surface area contributed by atoms with Crippen molar-refractivity contribution in [3.63, 3.8) is 0 Å². The lowest BCUT2D eigenvalue weighted by Crippen LogP contribution is -2.40. The number of methoxy groups -OCH3 is 1. The lowest BCUT2D eigenvalue weighted by atomic mass is 9.92. The van der Waals surface area contributed by atoms with Crippen molar-refractivity contribution in [2.24, 2.45) is 0 Å². The van der Waals surface area contributed by atoms with Crippen LogP contribution < -0.4 is 4.74 Å². The van der Waals surface area contributed by atoms with Crippen LogP contribution in [0.15, 0.2) is 28.8 Å². The van der Waals surface area contributed by atoms with Crippen LogP contribution in [0.25, 0.3) is 11.3 Å². The number of fused-ring (bicyclic) bond motifs is 1. The van der Waals surface area contributed by atoms with E-state index in [1.165, 1.54) is 37.7 Å². The Morgan fingerprint density at radius 1 is 1.22 bits per heavy atom. The van der Waals surface area contributed by atoms with Gasteiger partial charge in [-0.1, -0.05) is 36.6 Å². The number of nitrogens with zero attached hydrogens (tertiary/aromatic N) is 2. The summed E-state index contributed by atoms with van der Waals surface area (Å²) in [5.41, 5.74) is 3.34. The summed E-state index contributed by atoms with van der Waals surface area (Å²) in [5, 5.41) is 4.37. The topological polar surface area (TPSA) is 38.5 Å². The van der Waals surface area contributed by atoms with Gasteiger partial charge in [-0.2, -0.15) is 0 Å². The summed E-state index contributed by atoms with van der Waals surface area (Å²) in [4.78, 5) is 2.64. The smallest absolute Gasteiger partial charge is 0.143 e. The maximum absolute atomic E-state index is 5.63. The summed E-state index contributed by atoms with van der Waals surface area (Å²) >= 11 is 0. The van der Waals surface area contributed by atoms with E-state index >= 15 is 0 Å². The Morgan fingerprint density at radius 2 is 2.09 bits per heavy atom. The van der Waals surface area contributed by atoms with Gasteiger partial charge in [0.2, 0.25) is 0 Å². The number of benzene rings is 1. The highest BCUT2D eigenvalue weighted by Crippen LogP contribution is 2.34. The van der Waals surface area contributed by atoms with E-state index in [4.69, 9.17) is 9.26 Å². The second-order valence-electron chi connectivity index (χ2n) is 6.68. The SMILES string of the molecule is COc1cccc(-c2noc3c2CN(C2CCCCC2)CC3)c1. The minimum absolute atomic E-state index is 0.741. The Hall–Kier alpha value is -1.81. The summed E-state index contributed by atoms with van der Waals surface area (Å²) in [5.74, 6) is 1.93. The predicted octanol–water partition coefficient (Wildman–Crippen LogP) is 4.04. The largest absolute Gasteiger partial charge is 0.497 e. The van der Waals surface area contributed by atoms with E-state index in [-0.39, 0.29) is 0 Å². The van der Waals surface area contributed by atoms with Gasteiger partial charge < -0.3 is 9.26 Å². The predicted molar refractivity (Wildman–Crippen MR) is 89.5 cm³/mol. The van der Waals surface area contributed by atoms with Crippen molar-refractivity contribution in [1.82, 2.24) is 10.1 Å². The molecule has 0 radical (unpaired) electrons. The summed E-state index contributed by atoms with van der Waals surface area (Å²) in [6.45, 7) is 2.07. The number of hydrogen-bond donors (Lipinski definition) is 0. The average molecular weight is 312 g/mol. The third-order valence-electron chi connectivity index (χ3n) is 5.29. The van der Waals surface area contributed by atoms with E-state index < -0.39 is 0 Å². The van der Waals surface area contributed by atoms with Gasteiger partial charge in [0, 0.05) is 36.7 Å². The first-order valence-corrected chi connectivity index (χ1v) is 8.71. The lowest BCUT2D eigenvalue weighted by Gasteiger charge is -2.36. The molecule has 0 N–H and O–H groups in total. The molecule has 0 saturated heterocycles. The molecule has 1 saturated carbocycles. The molecule has 0 bridgehead atoms. The Kier molecular flexibility index (Phi) is 4.08. The van der Waals surface area contributed by atoms with Crippen molar-refractivity contribution in [3.8, 4) is 17.0 Å².